The SMILES string of the molecule is c1ccc(-c2c3ccccc3c(-c3ccc(-c4cc5sc6cc7ccccc7cc6c5c5ccccc45)c4ccccc34)c3ccccc23)cc1. The summed E-state index contributed by atoms with van der Waals surface area (Å²) in [5.41, 5.74) is 7.65. The third-order valence-electron chi connectivity index (χ3n) is 10.8. The first-order chi connectivity index (χ1) is 25.3. The van der Waals surface area contributed by atoms with Gasteiger partial charge in [-0.25, -0.2) is 0 Å². The van der Waals surface area contributed by atoms with Crippen LogP contribution in [-0.4, -0.2) is 0 Å². The van der Waals surface area contributed by atoms with Crippen molar-refractivity contribution in [3.05, 3.63) is 182 Å². The van der Waals surface area contributed by atoms with E-state index in [9.17, 15) is 0 Å². The molecule has 0 unspecified atom stereocenters. The van der Waals surface area contributed by atoms with Crippen molar-refractivity contribution in [2.75, 3.05) is 0 Å². The van der Waals surface area contributed by atoms with Gasteiger partial charge in [-0.3, -0.25) is 0 Å². The molecule has 11 rings (SSSR count). The molecule has 0 saturated heterocycles. The van der Waals surface area contributed by atoms with Crippen molar-refractivity contribution >= 4 is 85.4 Å². The quantitative estimate of drug-likeness (QED) is 0.165. The molecular formula is C50H30S. The maximum Gasteiger partial charge on any atom is 0.0368 e. The third-order valence-corrected chi connectivity index (χ3v) is 11.9. The van der Waals surface area contributed by atoms with Gasteiger partial charge in [0.05, 0.1) is 0 Å². The van der Waals surface area contributed by atoms with Gasteiger partial charge >= 0.3 is 0 Å². The fourth-order valence-corrected chi connectivity index (χ4v) is 9.83. The molecule has 0 atom stereocenters. The van der Waals surface area contributed by atoms with Crippen LogP contribution in [0.1, 0.15) is 0 Å². The van der Waals surface area contributed by atoms with Crippen LogP contribution in [0.15, 0.2) is 182 Å². The molecule has 0 nitrogen and oxygen atoms in total. The molecule has 0 saturated carbocycles. The fraction of sp³-hybridized carbons (Fsp3) is 0. The summed E-state index contributed by atoms with van der Waals surface area (Å²) < 4.78 is 2.67. The molecule has 0 fully saturated rings. The van der Waals surface area contributed by atoms with Crippen LogP contribution in [0.5, 0.6) is 0 Å². The van der Waals surface area contributed by atoms with E-state index in [0.29, 0.717) is 0 Å². The van der Waals surface area contributed by atoms with Crippen LogP contribution in [-0.2, 0) is 0 Å². The second-order valence-corrected chi connectivity index (χ2v) is 14.6. The summed E-state index contributed by atoms with van der Waals surface area (Å²) in [7, 11) is 0. The number of hydrogen-bond donors (Lipinski definition) is 0. The van der Waals surface area contributed by atoms with E-state index in [1.807, 2.05) is 11.3 Å². The molecule has 0 N–H and O–H groups in total. The topological polar surface area (TPSA) is 0 Å². The van der Waals surface area contributed by atoms with Crippen molar-refractivity contribution < 1.29 is 0 Å². The number of hydrogen-bond acceptors (Lipinski definition) is 1. The lowest BCUT2D eigenvalue weighted by molar-refractivity contribution is 1.66. The van der Waals surface area contributed by atoms with Gasteiger partial charge in [0, 0.05) is 20.2 Å². The van der Waals surface area contributed by atoms with E-state index >= 15 is 0 Å². The molecule has 0 bridgehead atoms. The summed E-state index contributed by atoms with van der Waals surface area (Å²) in [4.78, 5) is 0. The highest BCUT2D eigenvalue weighted by molar-refractivity contribution is 7.26. The van der Waals surface area contributed by atoms with Crippen LogP contribution in [0, 0.1) is 0 Å². The van der Waals surface area contributed by atoms with E-state index in [1.54, 1.807) is 0 Å². The Kier molecular flexibility index (Phi) is 6.22. The predicted molar refractivity (Wildman–Crippen MR) is 223 cm³/mol. The summed E-state index contributed by atoms with van der Waals surface area (Å²) in [6.45, 7) is 0. The maximum absolute atomic E-state index is 2.45. The molecule has 1 heteroatoms. The smallest absolute Gasteiger partial charge is 0.0368 e. The highest BCUT2D eigenvalue weighted by atomic mass is 32.1. The van der Waals surface area contributed by atoms with Gasteiger partial charge in [0.15, 0.2) is 0 Å². The minimum atomic E-state index is 1.24. The molecule has 10 aromatic carbocycles. The van der Waals surface area contributed by atoms with Gasteiger partial charge in [0.25, 0.3) is 0 Å². The summed E-state index contributed by atoms with van der Waals surface area (Å²) in [6, 6.07) is 67.4. The molecule has 0 spiro atoms. The highest BCUT2D eigenvalue weighted by Crippen LogP contribution is 2.48. The zero-order valence-electron chi connectivity index (χ0n) is 27.7. The van der Waals surface area contributed by atoms with Crippen LogP contribution >= 0.6 is 11.3 Å². The molecular weight excluding hydrogens is 633 g/mol. The molecule has 0 aliphatic heterocycles. The molecule has 0 aliphatic carbocycles. The Labute approximate surface area is 299 Å². The lowest BCUT2D eigenvalue weighted by Crippen LogP contribution is -1.92. The second-order valence-electron chi connectivity index (χ2n) is 13.6. The predicted octanol–water partition coefficient (Wildman–Crippen LogP) is 14.8. The van der Waals surface area contributed by atoms with E-state index in [0.717, 1.165) is 0 Å². The van der Waals surface area contributed by atoms with Crippen molar-refractivity contribution in [3.8, 4) is 33.4 Å². The Morgan fingerprint density at radius 2 is 0.745 bits per heavy atom. The van der Waals surface area contributed by atoms with Crippen LogP contribution in [0.25, 0.3) is 107 Å². The first-order valence-corrected chi connectivity index (χ1v) is 18.4. The number of fused-ring (bicyclic) bond motifs is 9. The van der Waals surface area contributed by atoms with Crippen LogP contribution < -0.4 is 0 Å². The van der Waals surface area contributed by atoms with E-state index in [4.69, 9.17) is 0 Å². The Morgan fingerprint density at radius 1 is 0.275 bits per heavy atom. The lowest BCUT2D eigenvalue weighted by Gasteiger charge is -2.20. The summed E-state index contributed by atoms with van der Waals surface area (Å²) in [5.74, 6) is 0. The van der Waals surface area contributed by atoms with Crippen molar-refractivity contribution in [1.82, 2.24) is 0 Å². The molecule has 236 valence electrons. The Bertz CT molecular complexity index is 3130. The van der Waals surface area contributed by atoms with E-state index in [1.165, 1.54) is 107 Å². The van der Waals surface area contributed by atoms with Crippen molar-refractivity contribution in [3.63, 3.8) is 0 Å². The lowest BCUT2D eigenvalue weighted by atomic mass is 9.83. The van der Waals surface area contributed by atoms with Gasteiger partial charge in [0.1, 0.15) is 0 Å². The van der Waals surface area contributed by atoms with Crippen LogP contribution in [0.2, 0.25) is 0 Å². The van der Waals surface area contributed by atoms with Gasteiger partial charge in [-0.05, 0) is 105 Å². The zero-order chi connectivity index (χ0) is 33.5. The largest absolute Gasteiger partial charge is 0.135 e. The summed E-state index contributed by atoms with van der Waals surface area (Å²) in [5, 5.41) is 15.5. The standard InChI is InChI=1S/C50H30S/c1-2-14-31(15-3-1)48-39-22-10-12-24-41(39)49(42-25-13-11-23-40(42)48)43-27-26-37(34-18-6-7-19-35(34)43)44-30-47-50(38-21-9-8-20-36(38)44)45-28-32-16-4-5-17-33(32)29-46(45)51-47/h1-30H. The van der Waals surface area contributed by atoms with E-state index in [2.05, 4.69) is 182 Å². The van der Waals surface area contributed by atoms with Crippen molar-refractivity contribution in [2.24, 2.45) is 0 Å². The number of benzene rings is 10. The molecule has 1 heterocycles. The molecule has 11 aromatic rings. The first-order valence-electron chi connectivity index (χ1n) is 17.6. The molecule has 51 heavy (non-hydrogen) atoms. The Balaban J connectivity index is 1.21. The van der Waals surface area contributed by atoms with Crippen molar-refractivity contribution in [2.45, 2.75) is 0 Å². The number of rotatable bonds is 3. The Morgan fingerprint density at radius 3 is 1.39 bits per heavy atom. The second kappa shape index (κ2) is 11.1. The summed E-state index contributed by atoms with van der Waals surface area (Å²) in [6.07, 6.45) is 0. The minimum Gasteiger partial charge on any atom is -0.135 e. The first kappa shape index (κ1) is 28.5. The molecule has 0 aliphatic rings. The maximum atomic E-state index is 2.45. The Hall–Kier alpha value is -6.28. The van der Waals surface area contributed by atoms with Crippen LogP contribution in [0.3, 0.4) is 0 Å². The molecule has 1 aromatic heterocycles. The zero-order valence-corrected chi connectivity index (χ0v) is 28.5. The fourth-order valence-electron chi connectivity index (χ4n) is 8.63. The third kappa shape index (κ3) is 4.26. The highest BCUT2D eigenvalue weighted by Gasteiger charge is 2.20. The normalized spacial score (nSPS) is 11.9. The van der Waals surface area contributed by atoms with Gasteiger partial charge < -0.3 is 0 Å². The number of thiophene rings is 1. The van der Waals surface area contributed by atoms with Gasteiger partial charge in [0.2, 0.25) is 0 Å². The average Bonchev–Trinajstić information content (AvgIpc) is 3.56. The molecule has 0 radical (unpaired) electrons. The van der Waals surface area contributed by atoms with Gasteiger partial charge in [-0.15, -0.1) is 11.3 Å². The van der Waals surface area contributed by atoms with E-state index in [-0.39, 0.29) is 0 Å². The van der Waals surface area contributed by atoms with Gasteiger partial charge in [-0.2, -0.15) is 0 Å². The molecule has 0 amide bonds. The van der Waals surface area contributed by atoms with Crippen molar-refractivity contribution in [1.29, 1.82) is 0 Å². The van der Waals surface area contributed by atoms with Gasteiger partial charge in [-0.1, -0.05) is 164 Å². The minimum absolute atomic E-state index is 1.24. The summed E-state index contributed by atoms with van der Waals surface area (Å²) >= 11 is 1.91. The monoisotopic (exact) mass is 662 g/mol. The van der Waals surface area contributed by atoms with E-state index < -0.39 is 0 Å². The average molecular weight is 663 g/mol. The van der Waals surface area contributed by atoms with Crippen LogP contribution in [0.4, 0.5) is 0 Å².